The fourth-order valence-corrected chi connectivity index (χ4v) is 2.50. The molecule has 0 aromatic heterocycles. The Kier molecular flexibility index (Phi) is 5.87. The smallest absolute Gasteiger partial charge is 0.419 e. The van der Waals surface area contributed by atoms with E-state index >= 15 is 0 Å². The van der Waals surface area contributed by atoms with Crippen LogP contribution < -0.4 is 15.4 Å². The van der Waals surface area contributed by atoms with Crippen molar-refractivity contribution in [3.63, 3.8) is 0 Å². The monoisotopic (exact) mass is 330 g/mol. The van der Waals surface area contributed by atoms with Crippen LogP contribution in [0.2, 0.25) is 0 Å². The molecule has 2 atom stereocenters. The van der Waals surface area contributed by atoms with Crippen LogP contribution >= 0.6 is 0 Å². The summed E-state index contributed by atoms with van der Waals surface area (Å²) >= 11 is 0. The van der Waals surface area contributed by atoms with Gasteiger partial charge in [0, 0.05) is 0 Å². The van der Waals surface area contributed by atoms with E-state index in [-0.39, 0.29) is 30.3 Å². The van der Waals surface area contributed by atoms with Crippen molar-refractivity contribution in [2.45, 2.75) is 44.4 Å². The van der Waals surface area contributed by atoms with Crippen LogP contribution in [0.25, 0.3) is 0 Å². The third-order valence-electron chi connectivity index (χ3n) is 3.70. The second-order valence-corrected chi connectivity index (χ2v) is 5.72. The van der Waals surface area contributed by atoms with Crippen LogP contribution in [0.1, 0.15) is 31.7 Å². The third-order valence-corrected chi connectivity index (χ3v) is 3.70. The van der Waals surface area contributed by atoms with Gasteiger partial charge < -0.3 is 15.4 Å². The lowest BCUT2D eigenvalue weighted by molar-refractivity contribution is -0.139. The van der Waals surface area contributed by atoms with Gasteiger partial charge in [0.05, 0.1) is 17.6 Å². The lowest BCUT2D eigenvalue weighted by Gasteiger charge is -2.24. The van der Waals surface area contributed by atoms with Crippen LogP contribution in [0.3, 0.4) is 0 Å². The van der Waals surface area contributed by atoms with E-state index < -0.39 is 11.7 Å². The van der Waals surface area contributed by atoms with Crippen LogP contribution in [0.4, 0.5) is 13.2 Å². The van der Waals surface area contributed by atoms with E-state index in [1.54, 1.807) is 6.92 Å². The number of carbonyl (C=O) groups excluding carboxylic acids is 1. The van der Waals surface area contributed by atoms with Crippen molar-refractivity contribution in [2.24, 2.45) is 0 Å². The number of alkyl halides is 3. The first-order valence-electron chi connectivity index (χ1n) is 7.70. The number of amides is 1. The highest BCUT2D eigenvalue weighted by Crippen LogP contribution is 2.35. The van der Waals surface area contributed by atoms with Crippen molar-refractivity contribution in [3.05, 3.63) is 29.8 Å². The van der Waals surface area contributed by atoms with Crippen molar-refractivity contribution < 1.29 is 22.7 Å². The zero-order valence-electron chi connectivity index (χ0n) is 13.0. The van der Waals surface area contributed by atoms with Gasteiger partial charge in [-0.1, -0.05) is 18.6 Å². The van der Waals surface area contributed by atoms with E-state index in [2.05, 4.69) is 10.6 Å². The summed E-state index contributed by atoms with van der Waals surface area (Å²) in [6.45, 7) is 2.49. The number of carbonyl (C=O) groups is 1. The third kappa shape index (κ3) is 5.13. The van der Waals surface area contributed by atoms with Gasteiger partial charge in [0.25, 0.3) is 0 Å². The Bertz CT molecular complexity index is 528. The highest BCUT2D eigenvalue weighted by Gasteiger charge is 2.34. The molecule has 1 saturated heterocycles. The van der Waals surface area contributed by atoms with E-state index in [1.807, 2.05) is 0 Å². The number of benzene rings is 1. The molecule has 2 N–H and O–H groups in total. The Labute approximate surface area is 133 Å². The summed E-state index contributed by atoms with van der Waals surface area (Å²) in [6, 6.07) is 4.45. The van der Waals surface area contributed by atoms with Gasteiger partial charge >= 0.3 is 6.18 Å². The van der Waals surface area contributed by atoms with Gasteiger partial charge in [-0.25, -0.2) is 0 Å². The zero-order chi connectivity index (χ0) is 16.9. The van der Waals surface area contributed by atoms with Gasteiger partial charge in [0.15, 0.2) is 0 Å². The Morgan fingerprint density at radius 3 is 2.78 bits per heavy atom. The Morgan fingerprint density at radius 2 is 2.13 bits per heavy atom. The molecule has 1 aliphatic heterocycles. The summed E-state index contributed by atoms with van der Waals surface area (Å²) < 4.78 is 43.9. The lowest BCUT2D eigenvalue weighted by Crippen LogP contribution is -2.50. The quantitative estimate of drug-likeness (QED) is 0.873. The molecule has 1 aromatic rings. The molecule has 0 spiro atoms. The Hall–Kier alpha value is -1.76. The number of para-hydroxylation sites is 1. The maximum absolute atomic E-state index is 12.9. The molecule has 0 aliphatic carbocycles. The molecule has 0 saturated carbocycles. The number of piperidine rings is 1. The zero-order valence-corrected chi connectivity index (χ0v) is 13.0. The summed E-state index contributed by atoms with van der Waals surface area (Å²) in [6.07, 6.45) is -1.64. The fraction of sp³-hybridized carbons (Fsp3) is 0.562. The largest absolute Gasteiger partial charge is 0.491 e. The predicted octanol–water partition coefficient (Wildman–Crippen LogP) is 2.73. The topological polar surface area (TPSA) is 50.4 Å². The molecule has 0 radical (unpaired) electrons. The second kappa shape index (κ2) is 7.68. The van der Waals surface area contributed by atoms with Gasteiger partial charge in [-0.3, -0.25) is 4.79 Å². The van der Waals surface area contributed by atoms with Crippen molar-refractivity contribution >= 4 is 5.91 Å². The molecule has 4 nitrogen and oxygen atoms in total. The van der Waals surface area contributed by atoms with Crippen molar-refractivity contribution in [1.29, 1.82) is 0 Å². The number of hydrogen-bond acceptors (Lipinski definition) is 3. The number of hydrogen-bond donors (Lipinski definition) is 2. The number of nitrogens with one attached hydrogen (secondary N) is 2. The predicted molar refractivity (Wildman–Crippen MR) is 80.2 cm³/mol. The molecular weight excluding hydrogens is 309 g/mol. The SMILES string of the molecule is CC(COc1ccccc1C(F)(F)F)NC(=O)C1CCCCN1. The molecule has 1 heterocycles. The normalized spacial score (nSPS) is 19.9. The second-order valence-electron chi connectivity index (χ2n) is 5.72. The average Bonchev–Trinajstić information content (AvgIpc) is 2.53. The minimum Gasteiger partial charge on any atom is -0.491 e. The standard InChI is InChI=1S/C16H21F3N2O2/c1-11(21-15(22)13-7-4-5-9-20-13)10-23-14-8-3-2-6-12(14)16(17,18)19/h2-3,6,8,11,13,20H,4-5,7,9-10H2,1H3,(H,21,22). The van der Waals surface area contributed by atoms with Crippen LogP contribution in [0.15, 0.2) is 24.3 Å². The molecule has 0 bridgehead atoms. The van der Waals surface area contributed by atoms with Crippen LogP contribution in [-0.2, 0) is 11.0 Å². The van der Waals surface area contributed by atoms with Crippen LogP contribution in [0, 0.1) is 0 Å². The molecule has 1 amide bonds. The highest BCUT2D eigenvalue weighted by molar-refractivity contribution is 5.82. The van der Waals surface area contributed by atoms with Crippen molar-refractivity contribution in [2.75, 3.05) is 13.2 Å². The summed E-state index contributed by atoms with van der Waals surface area (Å²) in [7, 11) is 0. The molecule has 128 valence electrons. The molecule has 7 heteroatoms. The van der Waals surface area contributed by atoms with E-state index in [0.717, 1.165) is 31.9 Å². The minimum atomic E-state index is -4.46. The molecular formula is C16H21F3N2O2. The number of halogens is 3. The lowest BCUT2D eigenvalue weighted by atomic mass is 10.0. The summed E-state index contributed by atoms with van der Waals surface area (Å²) in [5.74, 6) is -0.359. The van der Waals surface area contributed by atoms with E-state index in [1.165, 1.54) is 18.2 Å². The van der Waals surface area contributed by atoms with Gasteiger partial charge in [-0.2, -0.15) is 13.2 Å². The summed E-state index contributed by atoms with van der Waals surface area (Å²) in [5.41, 5.74) is -0.813. The van der Waals surface area contributed by atoms with Gasteiger partial charge in [0.2, 0.25) is 5.91 Å². The van der Waals surface area contributed by atoms with Crippen LogP contribution in [0.5, 0.6) is 5.75 Å². The Balaban J connectivity index is 1.87. The summed E-state index contributed by atoms with van der Waals surface area (Å²) in [5, 5.41) is 5.90. The fourth-order valence-electron chi connectivity index (χ4n) is 2.50. The number of ether oxygens (including phenoxy) is 1. The molecule has 23 heavy (non-hydrogen) atoms. The molecule has 1 aromatic carbocycles. The molecule has 1 aliphatic rings. The number of rotatable bonds is 5. The molecule has 1 fully saturated rings. The highest BCUT2D eigenvalue weighted by atomic mass is 19.4. The molecule has 2 rings (SSSR count). The van der Waals surface area contributed by atoms with Gasteiger partial charge in [0.1, 0.15) is 12.4 Å². The van der Waals surface area contributed by atoms with Gasteiger partial charge in [-0.05, 0) is 38.4 Å². The van der Waals surface area contributed by atoms with E-state index in [9.17, 15) is 18.0 Å². The maximum atomic E-state index is 12.9. The van der Waals surface area contributed by atoms with Crippen LogP contribution in [-0.4, -0.2) is 31.1 Å². The van der Waals surface area contributed by atoms with Crippen molar-refractivity contribution in [3.8, 4) is 5.75 Å². The molecule has 2 unspecified atom stereocenters. The maximum Gasteiger partial charge on any atom is 0.419 e. The first-order valence-corrected chi connectivity index (χ1v) is 7.70. The first-order chi connectivity index (χ1) is 10.9. The first kappa shape index (κ1) is 17.6. The summed E-state index contributed by atoms with van der Waals surface area (Å²) in [4.78, 5) is 12.0. The van der Waals surface area contributed by atoms with E-state index in [4.69, 9.17) is 4.74 Å². The minimum absolute atomic E-state index is 0.0223. The van der Waals surface area contributed by atoms with Crippen molar-refractivity contribution in [1.82, 2.24) is 10.6 Å². The average molecular weight is 330 g/mol. The Morgan fingerprint density at radius 1 is 1.39 bits per heavy atom. The van der Waals surface area contributed by atoms with E-state index in [0.29, 0.717) is 0 Å². The van der Waals surface area contributed by atoms with Gasteiger partial charge in [-0.15, -0.1) is 0 Å².